The lowest BCUT2D eigenvalue weighted by atomic mass is 10.0. The Morgan fingerprint density at radius 1 is 0.757 bits per heavy atom. The minimum Gasteiger partial charge on any atom is -0.482 e. The minimum atomic E-state index is -0.378. The highest BCUT2D eigenvalue weighted by Crippen LogP contribution is 2.29. The van der Waals surface area contributed by atoms with Gasteiger partial charge >= 0.3 is 5.97 Å². The van der Waals surface area contributed by atoms with E-state index in [4.69, 9.17) is 9.47 Å². The Hall–Kier alpha value is -4.49. The molecule has 184 valence electrons. The van der Waals surface area contributed by atoms with Gasteiger partial charge in [0.2, 0.25) is 0 Å². The summed E-state index contributed by atoms with van der Waals surface area (Å²) in [5.41, 5.74) is 4.20. The van der Waals surface area contributed by atoms with Crippen LogP contribution in [0.15, 0.2) is 72.8 Å². The smallest absolute Gasteiger partial charge is 0.344 e. The molecule has 5 heterocycles. The maximum absolute atomic E-state index is 11.6. The summed E-state index contributed by atoms with van der Waals surface area (Å²) in [6, 6.07) is 24.6. The van der Waals surface area contributed by atoms with Gasteiger partial charge in [0.15, 0.2) is 6.61 Å². The normalized spacial score (nSPS) is 12.3. The first-order valence-electron chi connectivity index (χ1n) is 12.1. The van der Waals surface area contributed by atoms with Gasteiger partial charge in [-0.3, -0.25) is 0 Å². The molecular formula is C30H25N3O3S. The van der Waals surface area contributed by atoms with Crippen LogP contribution in [0.4, 0.5) is 0 Å². The summed E-state index contributed by atoms with van der Waals surface area (Å²) >= 11 is 1.74. The van der Waals surface area contributed by atoms with Crippen LogP contribution in [-0.4, -0.2) is 34.1 Å². The SMILES string of the molecule is CCOC(=O)COc1ccc(C2=c3ccc([nH]3)=Cc3ccc([nH]3)C=c3ccc([nH]3)=Cc3ccc2s3)cc1. The van der Waals surface area contributed by atoms with Crippen molar-refractivity contribution in [3.05, 3.63) is 121 Å². The number of aromatic nitrogens is 3. The topological polar surface area (TPSA) is 82.9 Å². The second-order valence-electron chi connectivity index (χ2n) is 8.69. The summed E-state index contributed by atoms with van der Waals surface area (Å²) in [6.45, 7) is 2.01. The van der Waals surface area contributed by atoms with Crippen molar-refractivity contribution in [2.45, 2.75) is 6.92 Å². The number of carbonyl (C=O) groups is 1. The molecule has 6 nitrogen and oxygen atoms in total. The van der Waals surface area contributed by atoms with E-state index in [1.165, 1.54) is 0 Å². The first kappa shape index (κ1) is 22.9. The molecule has 6 rings (SSSR count). The fourth-order valence-corrected chi connectivity index (χ4v) is 5.43. The van der Waals surface area contributed by atoms with Crippen LogP contribution in [0.5, 0.6) is 5.75 Å². The molecule has 0 amide bonds. The van der Waals surface area contributed by atoms with Crippen molar-refractivity contribution in [2.75, 3.05) is 13.2 Å². The molecule has 7 heteroatoms. The molecule has 0 aliphatic carbocycles. The highest BCUT2D eigenvalue weighted by Gasteiger charge is 2.12. The van der Waals surface area contributed by atoms with Gasteiger partial charge in [0.25, 0.3) is 0 Å². The lowest BCUT2D eigenvalue weighted by Gasteiger charge is -2.09. The Morgan fingerprint density at radius 2 is 1.46 bits per heavy atom. The third-order valence-corrected chi connectivity index (χ3v) is 7.09. The van der Waals surface area contributed by atoms with Crippen LogP contribution in [-0.2, 0) is 9.53 Å². The average Bonchev–Trinajstić information content (AvgIpc) is 3.70. The molecule has 1 aromatic carbocycles. The van der Waals surface area contributed by atoms with E-state index in [1.807, 2.05) is 24.3 Å². The molecule has 37 heavy (non-hydrogen) atoms. The van der Waals surface area contributed by atoms with Crippen LogP contribution in [0, 0.1) is 0 Å². The highest BCUT2D eigenvalue weighted by atomic mass is 32.1. The van der Waals surface area contributed by atoms with Crippen molar-refractivity contribution in [3.63, 3.8) is 0 Å². The zero-order valence-electron chi connectivity index (χ0n) is 20.2. The second kappa shape index (κ2) is 9.87. The van der Waals surface area contributed by atoms with E-state index in [2.05, 4.69) is 81.7 Å². The predicted molar refractivity (Wildman–Crippen MR) is 146 cm³/mol. The Kier molecular flexibility index (Phi) is 6.12. The third-order valence-electron chi connectivity index (χ3n) is 6.04. The van der Waals surface area contributed by atoms with Crippen LogP contribution >= 0.6 is 11.3 Å². The van der Waals surface area contributed by atoms with Crippen molar-refractivity contribution in [1.29, 1.82) is 0 Å². The van der Waals surface area contributed by atoms with Gasteiger partial charge in [0.05, 0.1) is 6.61 Å². The Labute approximate surface area is 216 Å². The predicted octanol–water partition coefficient (Wildman–Crippen LogP) is 2.72. The monoisotopic (exact) mass is 507 g/mol. The van der Waals surface area contributed by atoms with E-state index in [0.717, 1.165) is 53.7 Å². The molecule has 3 N–H and O–H groups in total. The van der Waals surface area contributed by atoms with Gasteiger partial charge in [-0.15, -0.1) is 11.3 Å². The lowest BCUT2D eigenvalue weighted by molar-refractivity contribution is -0.145. The lowest BCUT2D eigenvalue weighted by Crippen LogP contribution is -2.15. The number of aromatic amines is 3. The van der Waals surface area contributed by atoms with Gasteiger partial charge in [-0.1, -0.05) is 12.1 Å². The number of carbonyl (C=O) groups excluding carboxylic acids is 1. The molecule has 0 radical (unpaired) electrons. The second-order valence-corrected chi connectivity index (χ2v) is 9.81. The molecule has 8 bridgehead atoms. The van der Waals surface area contributed by atoms with E-state index in [-0.39, 0.29) is 12.6 Å². The largest absolute Gasteiger partial charge is 0.482 e. The van der Waals surface area contributed by atoms with Gasteiger partial charge < -0.3 is 24.4 Å². The van der Waals surface area contributed by atoms with Crippen molar-refractivity contribution in [3.8, 4) is 5.75 Å². The maximum atomic E-state index is 11.6. The molecule has 0 unspecified atom stereocenters. The summed E-state index contributed by atoms with van der Waals surface area (Å²) in [6.07, 6.45) is 6.37. The highest BCUT2D eigenvalue weighted by molar-refractivity contribution is 7.14. The molecule has 0 atom stereocenters. The average molecular weight is 508 g/mol. The van der Waals surface area contributed by atoms with Crippen molar-refractivity contribution in [2.24, 2.45) is 0 Å². The maximum Gasteiger partial charge on any atom is 0.344 e. The third kappa shape index (κ3) is 5.08. The standard InChI is InChI=1S/C30H25N3O3S/c1-2-35-29(34)18-36-25-10-3-19(4-11-25)30-27-13-9-23(33-27)16-22-6-5-20(31-22)15-21-7-8-24(32-21)17-26-12-14-28(30)37-26/h3-17,31-33H,2,18H2,1H3. The summed E-state index contributed by atoms with van der Waals surface area (Å²) in [5, 5.41) is 4.13. The number of esters is 1. The fourth-order valence-electron chi connectivity index (χ4n) is 4.38. The number of nitrogens with one attached hydrogen (secondary N) is 3. The molecule has 0 saturated heterocycles. The quantitative estimate of drug-likeness (QED) is 0.314. The van der Waals surface area contributed by atoms with Crippen LogP contribution < -0.4 is 26.1 Å². The van der Waals surface area contributed by atoms with Gasteiger partial charge in [0.1, 0.15) is 5.75 Å². The Bertz CT molecular complexity index is 1820. The first-order chi connectivity index (χ1) is 18.1. The number of thiophene rings is 1. The summed E-state index contributed by atoms with van der Waals surface area (Å²) in [7, 11) is 0. The van der Waals surface area contributed by atoms with Gasteiger partial charge in [0, 0.05) is 48.1 Å². The van der Waals surface area contributed by atoms with Crippen molar-refractivity contribution < 1.29 is 14.3 Å². The Balaban J connectivity index is 1.46. The van der Waals surface area contributed by atoms with Gasteiger partial charge in [-0.25, -0.2) is 4.79 Å². The van der Waals surface area contributed by atoms with Gasteiger partial charge in [-0.05, 0) is 91.4 Å². The van der Waals surface area contributed by atoms with Crippen molar-refractivity contribution in [1.82, 2.24) is 15.0 Å². The molecular weight excluding hydrogens is 482 g/mol. The van der Waals surface area contributed by atoms with E-state index in [0.29, 0.717) is 12.4 Å². The van der Waals surface area contributed by atoms with Crippen LogP contribution in [0.2, 0.25) is 0 Å². The zero-order valence-corrected chi connectivity index (χ0v) is 21.0. The minimum absolute atomic E-state index is 0.109. The molecule has 1 aliphatic heterocycles. The number of hydrogen-bond donors (Lipinski definition) is 3. The van der Waals surface area contributed by atoms with Crippen molar-refractivity contribution >= 4 is 41.1 Å². The number of fused-ring (bicyclic) bond motifs is 8. The zero-order chi connectivity index (χ0) is 25.2. The summed E-state index contributed by atoms with van der Waals surface area (Å²) in [4.78, 5) is 24.5. The molecule has 5 aromatic rings. The number of rotatable bonds is 5. The van der Waals surface area contributed by atoms with E-state index >= 15 is 0 Å². The molecule has 4 aromatic heterocycles. The number of H-pyrrole nitrogens is 3. The van der Waals surface area contributed by atoms with Gasteiger partial charge in [-0.2, -0.15) is 0 Å². The number of ether oxygens (including phenoxy) is 2. The van der Waals surface area contributed by atoms with Crippen LogP contribution in [0.3, 0.4) is 0 Å². The summed E-state index contributed by atoms with van der Waals surface area (Å²) in [5.74, 6) is 0.241. The molecule has 1 aliphatic rings. The molecule has 0 spiro atoms. The van der Waals surface area contributed by atoms with E-state index < -0.39 is 0 Å². The first-order valence-corrected chi connectivity index (χ1v) is 12.9. The van der Waals surface area contributed by atoms with E-state index in [1.54, 1.807) is 18.3 Å². The molecule has 0 fully saturated rings. The Morgan fingerprint density at radius 3 is 2.22 bits per heavy atom. The van der Waals surface area contributed by atoms with Crippen LogP contribution in [0.25, 0.3) is 23.8 Å². The number of benzene rings is 1. The molecule has 0 saturated carbocycles. The van der Waals surface area contributed by atoms with Crippen LogP contribution in [0.1, 0.15) is 33.6 Å². The fraction of sp³-hybridized carbons (Fsp3) is 0.100. The summed E-state index contributed by atoms with van der Waals surface area (Å²) < 4.78 is 10.5. The number of hydrogen-bond acceptors (Lipinski definition) is 4. The van der Waals surface area contributed by atoms with E-state index in [9.17, 15) is 4.79 Å².